The highest BCUT2D eigenvalue weighted by Crippen LogP contribution is 2.23. The van der Waals surface area contributed by atoms with E-state index >= 15 is 0 Å². The molecule has 2 N–H and O–H groups in total. The lowest BCUT2D eigenvalue weighted by atomic mass is 10.1. The van der Waals surface area contributed by atoms with Gasteiger partial charge >= 0.3 is 0 Å². The van der Waals surface area contributed by atoms with Gasteiger partial charge in [-0.1, -0.05) is 6.07 Å². The van der Waals surface area contributed by atoms with E-state index in [0.717, 1.165) is 28.7 Å². The number of nitrogens with two attached hydrogens (primary N) is 1. The van der Waals surface area contributed by atoms with Gasteiger partial charge in [-0.3, -0.25) is 0 Å². The summed E-state index contributed by atoms with van der Waals surface area (Å²) in [6, 6.07) is 9.56. The lowest BCUT2D eigenvalue weighted by molar-refractivity contribution is -0.686. The Morgan fingerprint density at radius 3 is 2.38 bits per heavy atom. The van der Waals surface area contributed by atoms with Crippen LogP contribution in [0.1, 0.15) is 11.1 Å². The van der Waals surface area contributed by atoms with Gasteiger partial charge in [0.1, 0.15) is 24.6 Å². The zero-order valence-electron chi connectivity index (χ0n) is 12.0. The Balaban J connectivity index is 1.98. The number of halogens is 2. The van der Waals surface area contributed by atoms with E-state index in [2.05, 4.69) is 0 Å². The normalized spacial score (nSPS) is 10.5. The van der Waals surface area contributed by atoms with E-state index in [1.165, 1.54) is 6.07 Å². The van der Waals surface area contributed by atoms with Gasteiger partial charge in [0.05, 0.1) is 14.2 Å². The first-order chi connectivity index (χ1) is 10.1. The molecule has 0 heterocycles. The quantitative estimate of drug-likeness (QED) is 0.887. The molecule has 0 fully saturated rings. The Labute approximate surface area is 122 Å². The second-order valence-electron chi connectivity index (χ2n) is 4.62. The molecule has 0 radical (unpaired) electrons. The maximum absolute atomic E-state index is 13.1. The first-order valence-electron chi connectivity index (χ1n) is 6.60. The van der Waals surface area contributed by atoms with Crippen LogP contribution in [0, 0.1) is 11.6 Å². The molecule has 5 heteroatoms. The van der Waals surface area contributed by atoms with Crippen LogP contribution < -0.4 is 14.8 Å². The van der Waals surface area contributed by atoms with Gasteiger partial charge in [0.25, 0.3) is 0 Å². The molecule has 0 aliphatic heterocycles. The molecule has 0 saturated carbocycles. The third kappa shape index (κ3) is 3.92. The summed E-state index contributed by atoms with van der Waals surface area (Å²) >= 11 is 0. The summed E-state index contributed by atoms with van der Waals surface area (Å²) in [5.41, 5.74) is 1.75. The van der Waals surface area contributed by atoms with Crippen LogP contribution >= 0.6 is 0 Å². The van der Waals surface area contributed by atoms with Crippen LogP contribution in [0.3, 0.4) is 0 Å². The molecule has 2 rings (SSSR count). The van der Waals surface area contributed by atoms with Gasteiger partial charge in [-0.05, 0) is 24.3 Å². The summed E-state index contributed by atoms with van der Waals surface area (Å²) in [6.07, 6.45) is 0. The minimum Gasteiger partial charge on any atom is -0.497 e. The van der Waals surface area contributed by atoms with E-state index in [1.807, 2.05) is 23.5 Å². The minimum atomic E-state index is -0.824. The third-order valence-electron chi connectivity index (χ3n) is 3.22. The average molecular weight is 294 g/mol. The second kappa shape index (κ2) is 7.04. The summed E-state index contributed by atoms with van der Waals surface area (Å²) in [6.45, 7) is 1.23. The highest BCUT2D eigenvalue weighted by Gasteiger charge is 2.08. The van der Waals surface area contributed by atoms with Crippen molar-refractivity contribution in [3.05, 3.63) is 59.2 Å². The molecule has 0 unspecified atom stereocenters. The van der Waals surface area contributed by atoms with E-state index in [-0.39, 0.29) is 0 Å². The molecule has 0 saturated heterocycles. The Morgan fingerprint density at radius 1 is 0.905 bits per heavy atom. The van der Waals surface area contributed by atoms with Gasteiger partial charge < -0.3 is 14.8 Å². The summed E-state index contributed by atoms with van der Waals surface area (Å²) in [7, 11) is 3.21. The summed E-state index contributed by atoms with van der Waals surface area (Å²) in [5, 5.41) is 2.00. The van der Waals surface area contributed by atoms with Crippen molar-refractivity contribution in [2.45, 2.75) is 13.1 Å². The minimum absolute atomic E-state index is 0.562. The lowest BCUT2D eigenvalue weighted by Gasteiger charge is -2.09. The van der Waals surface area contributed by atoms with Gasteiger partial charge in [-0.15, -0.1) is 0 Å². The molecule has 112 valence electrons. The van der Waals surface area contributed by atoms with Crippen LogP contribution in [0.25, 0.3) is 0 Å². The maximum Gasteiger partial charge on any atom is 0.159 e. The molecule has 3 nitrogen and oxygen atoms in total. The second-order valence-corrected chi connectivity index (χ2v) is 4.62. The monoisotopic (exact) mass is 294 g/mol. The predicted octanol–water partition coefficient (Wildman–Crippen LogP) is 2.25. The SMILES string of the molecule is COc1ccc(C[NH2+]Cc2ccc(F)c(F)c2)c(OC)c1. The van der Waals surface area contributed by atoms with Crippen molar-refractivity contribution in [2.75, 3.05) is 14.2 Å². The Hall–Kier alpha value is -2.14. The van der Waals surface area contributed by atoms with Crippen LogP contribution in [0.5, 0.6) is 11.5 Å². The van der Waals surface area contributed by atoms with Crippen LogP contribution in [0.15, 0.2) is 36.4 Å². The largest absolute Gasteiger partial charge is 0.497 e. The first kappa shape index (κ1) is 15.3. The summed E-state index contributed by atoms with van der Waals surface area (Å²) in [4.78, 5) is 0. The van der Waals surface area contributed by atoms with Gasteiger partial charge in [-0.25, -0.2) is 8.78 Å². The van der Waals surface area contributed by atoms with E-state index in [9.17, 15) is 8.78 Å². The van der Waals surface area contributed by atoms with Gasteiger partial charge in [-0.2, -0.15) is 0 Å². The Morgan fingerprint density at radius 2 is 1.71 bits per heavy atom. The van der Waals surface area contributed by atoms with Crippen molar-refractivity contribution in [3.8, 4) is 11.5 Å². The number of hydrogen-bond donors (Lipinski definition) is 1. The van der Waals surface area contributed by atoms with E-state index in [1.54, 1.807) is 20.3 Å². The molecule has 2 aromatic carbocycles. The number of methoxy groups -OCH3 is 2. The van der Waals surface area contributed by atoms with E-state index < -0.39 is 11.6 Å². The van der Waals surface area contributed by atoms with Gasteiger partial charge in [0.15, 0.2) is 11.6 Å². The number of benzene rings is 2. The molecule has 0 aliphatic carbocycles. The van der Waals surface area contributed by atoms with E-state index in [0.29, 0.717) is 13.1 Å². The third-order valence-corrected chi connectivity index (χ3v) is 3.22. The fourth-order valence-electron chi connectivity index (χ4n) is 2.08. The summed E-state index contributed by atoms with van der Waals surface area (Å²) < 4.78 is 36.4. The highest BCUT2D eigenvalue weighted by atomic mass is 19.2. The van der Waals surface area contributed by atoms with Crippen molar-refractivity contribution < 1.29 is 23.6 Å². The molecule has 0 atom stereocenters. The fraction of sp³-hybridized carbons (Fsp3) is 0.250. The van der Waals surface area contributed by atoms with Crippen LogP contribution in [-0.4, -0.2) is 14.2 Å². The van der Waals surface area contributed by atoms with Crippen molar-refractivity contribution in [3.63, 3.8) is 0 Å². The van der Waals surface area contributed by atoms with Crippen molar-refractivity contribution in [2.24, 2.45) is 0 Å². The van der Waals surface area contributed by atoms with Crippen molar-refractivity contribution in [1.29, 1.82) is 0 Å². The molecule has 0 bridgehead atoms. The number of hydrogen-bond acceptors (Lipinski definition) is 2. The molecule has 0 amide bonds. The van der Waals surface area contributed by atoms with Gasteiger partial charge in [0, 0.05) is 17.2 Å². The molecule has 0 aromatic heterocycles. The summed E-state index contributed by atoms with van der Waals surface area (Å²) in [5.74, 6) is -0.161. The molecule has 0 spiro atoms. The first-order valence-corrected chi connectivity index (χ1v) is 6.60. The van der Waals surface area contributed by atoms with Crippen LogP contribution in [0.2, 0.25) is 0 Å². The number of quaternary nitrogens is 1. The Bertz CT molecular complexity index is 617. The van der Waals surface area contributed by atoms with Crippen LogP contribution in [0.4, 0.5) is 8.78 Å². The van der Waals surface area contributed by atoms with Crippen molar-refractivity contribution >= 4 is 0 Å². The standard InChI is InChI=1S/C16H17F2NO2/c1-20-13-5-4-12(16(8-13)21-2)10-19-9-11-3-6-14(17)15(18)7-11/h3-8,19H,9-10H2,1-2H3/p+1. The predicted molar refractivity (Wildman–Crippen MR) is 75.2 cm³/mol. The molecular formula is C16H18F2NO2+. The molecule has 0 aliphatic rings. The van der Waals surface area contributed by atoms with Crippen molar-refractivity contribution in [1.82, 2.24) is 0 Å². The maximum atomic E-state index is 13.1. The lowest BCUT2D eigenvalue weighted by Crippen LogP contribution is -2.80. The number of rotatable bonds is 6. The highest BCUT2D eigenvalue weighted by molar-refractivity contribution is 5.40. The zero-order chi connectivity index (χ0) is 15.2. The average Bonchev–Trinajstić information content (AvgIpc) is 2.51. The Kier molecular flexibility index (Phi) is 5.11. The molecule has 2 aromatic rings. The molecular weight excluding hydrogens is 276 g/mol. The van der Waals surface area contributed by atoms with Gasteiger partial charge in [0.2, 0.25) is 0 Å². The number of ether oxygens (including phenoxy) is 2. The van der Waals surface area contributed by atoms with E-state index in [4.69, 9.17) is 9.47 Å². The fourth-order valence-corrected chi connectivity index (χ4v) is 2.08. The molecule has 21 heavy (non-hydrogen) atoms. The smallest absolute Gasteiger partial charge is 0.159 e. The topological polar surface area (TPSA) is 35.1 Å². The zero-order valence-corrected chi connectivity index (χ0v) is 12.0. The van der Waals surface area contributed by atoms with Crippen LogP contribution in [-0.2, 0) is 13.1 Å².